The number of rotatable bonds is 3. The summed E-state index contributed by atoms with van der Waals surface area (Å²) >= 11 is 12.7. The summed E-state index contributed by atoms with van der Waals surface area (Å²) < 4.78 is 2.22. The van der Waals surface area contributed by atoms with E-state index in [-0.39, 0.29) is 0 Å². The van der Waals surface area contributed by atoms with Crippen LogP contribution in [0.5, 0.6) is 0 Å². The summed E-state index contributed by atoms with van der Waals surface area (Å²) in [6.07, 6.45) is 8.54. The second kappa shape index (κ2) is 6.39. The molecule has 1 heterocycles. The van der Waals surface area contributed by atoms with Crippen molar-refractivity contribution < 1.29 is 0 Å². The Morgan fingerprint density at radius 1 is 1.24 bits per heavy atom. The first-order valence-corrected chi connectivity index (χ1v) is 8.13. The van der Waals surface area contributed by atoms with E-state index in [4.69, 9.17) is 28.9 Å². The Morgan fingerprint density at radius 3 is 2.71 bits per heavy atom. The number of nitrogens with two attached hydrogens (primary N) is 1. The number of halogens is 2. The van der Waals surface area contributed by atoms with Gasteiger partial charge in [0.2, 0.25) is 0 Å². The molecule has 1 saturated carbocycles. The lowest BCUT2D eigenvalue weighted by Crippen LogP contribution is -2.24. The molecule has 1 aromatic heterocycles. The van der Waals surface area contributed by atoms with Crippen LogP contribution in [0.25, 0.3) is 11.4 Å². The topological polar surface area (TPSA) is 43.8 Å². The molecule has 0 saturated heterocycles. The highest BCUT2D eigenvalue weighted by molar-refractivity contribution is 6.38. The minimum Gasteiger partial charge on any atom is -0.330 e. The lowest BCUT2D eigenvalue weighted by Gasteiger charge is -2.30. The Labute approximate surface area is 135 Å². The first-order valence-electron chi connectivity index (χ1n) is 7.38. The number of hydrogen-bond acceptors (Lipinski definition) is 2. The number of hydrogen-bond donors (Lipinski definition) is 1. The molecule has 21 heavy (non-hydrogen) atoms. The van der Waals surface area contributed by atoms with Gasteiger partial charge in [-0.2, -0.15) is 0 Å². The molecule has 0 spiro atoms. The van der Waals surface area contributed by atoms with Crippen molar-refractivity contribution in [1.29, 1.82) is 0 Å². The molecule has 1 aliphatic carbocycles. The largest absolute Gasteiger partial charge is 0.330 e. The van der Waals surface area contributed by atoms with Crippen molar-refractivity contribution in [2.24, 2.45) is 11.7 Å². The maximum atomic E-state index is 6.33. The van der Waals surface area contributed by atoms with Crippen LogP contribution in [0.3, 0.4) is 0 Å². The summed E-state index contributed by atoms with van der Waals surface area (Å²) in [5, 5.41) is 1.28. The summed E-state index contributed by atoms with van der Waals surface area (Å²) in [6.45, 7) is 0.757. The smallest absolute Gasteiger partial charge is 0.143 e. The van der Waals surface area contributed by atoms with Crippen LogP contribution in [0.1, 0.15) is 31.7 Å². The van der Waals surface area contributed by atoms with Crippen LogP contribution >= 0.6 is 23.2 Å². The Morgan fingerprint density at radius 2 is 2.00 bits per heavy atom. The molecular formula is C16H19Cl2N3. The zero-order chi connectivity index (χ0) is 14.8. The molecule has 5 heteroatoms. The summed E-state index contributed by atoms with van der Waals surface area (Å²) in [4.78, 5) is 4.50. The van der Waals surface area contributed by atoms with Crippen LogP contribution in [0.2, 0.25) is 10.0 Å². The fourth-order valence-corrected chi connectivity index (χ4v) is 3.81. The van der Waals surface area contributed by atoms with Crippen LogP contribution < -0.4 is 5.73 Å². The van der Waals surface area contributed by atoms with Gasteiger partial charge < -0.3 is 10.3 Å². The molecule has 2 N–H and O–H groups in total. The minimum absolute atomic E-state index is 0.428. The monoisotopic (exact) mass is 323 g/mol. The van der Waals surface area contributed by atoms with E-state index in [1.807, 2.05) is 30.6 Å². The average Bonchev–Trinajstić information content (AvgIpc) is 2.96. The Balaban J connectivity index is 1.98. The third-order valence-corrected chi connectivity index (χ3v) is 4.97. The van der Waals surface area contributed by atoms with Crippen LogP contribution in [0.4, 0.5) is 0 Å². The van der Waals surface area contributed by atoms with Crippen molar-refractivity contribution in [3.8, 4) is 11.4 Å². The Hall–Kier alpha value is -1.03. The predicted octanol–water partition coefficient (Wildman–Crippen LogP) is 4.55. The molecule has 0 amide bonds. The van der Waals surface area contributed by atoms with E-state index in [0.29, 0.717) is 22.0 Å². The normalized spacial score (nSPS) is 22.4. The van der Waals surface area contributed by atoms with Crippen LogP contribution in [-0.2, 0) is 0 Å². The highest BCUT2D eigenvalue weighted by Gasteiger charge is 2.25. The molecule has 0 unspecified atom stereocenters. The molecule has 2 atom stereocenters. The summed E-state index contributed by atoms with van der Waals surface area (Å²) in [7, 11) is 0. The van der Waals surface area contributed by atoms with Crippen molar-refractivity contribution in [2.45, 2.75) is 31.7 Å². The van der Waals surface area contributed by atoms with Crippen molar-refractivity contribution >= 4 is 23.2 Å². The second-order valence-corrected chi connectivity index (χ2v) is 6.49. The number of imidazole rings is 1. The van der Waals surface area contributed by atoms with Crippen molar-refractivity contribution in [3.05, 3.63) is 40.6 Å². The molecule has 2 aromatic rings. The highest BCUT2D eigenvalue weighted by Crippen LogP contribution is 2.38. The van der Waals surface area contributed by atoms with Gasteiger partial charge in [0.1, 0.15) is 5.82 Å². The van der Waals surface area contributed by atoms with E-state index >= 15 is 0 Å². The third kappa shape index (κ3) is 2.96. The van der Waals surface area contributed by atoms with Gasteiger partial charge in [0, 0.05) is 18.4 Å². The molecule has 3 nitrogen and oxygen atoms in total. The van der Waals surface area contributed by atoms with E-state index in [1.165, 1.54) is 12.8 Å². The van der Waals surface area contributed by atoms with Gasteiger partial charge in [-0.1, -0.05) is 35.7 Å². The standard InChI is InChI=1S/C16H19Cl2N3/c17-13-5-2-6-14(18)15(13)16-20-7-8-21(16)12-4-1-3-11(9-12)10-19/h2,5-8,11-12H,1,3-4,9-10,19H2/t11-,12+/m0/s1. The van der Waals surface area contributed by atoms with Gasteiger partial charge in [-0.25, -0.2) is 4.98 Å². The molecule has 1 aliphatic rings. The Kier molecular flexibility index (Phi) is 4.53. The highest BCUT2D eigenvalue weighted by atomic mass is 35.5. The molecule has 3 rings (SSSR count). The number of aromatic nitrogens is 2. The number of nitrogens with zero attached hydrogens (tertiary/aromatic N) is 2. The van der Waals surface area contributed by atoms with Crippen molar-refractivity contribution in [2.75, 3.05) is 6.54 Å². The van der Waals surface area contributed by atoms with E-state index < -0.39 is 0 Å². The van der Waals surface area contributed by atoms with Crippen molar-refractivity contribution in [1.82, 2.24) is 9.55 Å². The van der Waals surface area contributed by atoms with Crippen LogP contribution in [0, 0.1) is 5.92 Å². The van der Waals surface area contributed by atoms with Crippen molar-refractivity contribution in [3.63, 3.8) is 0 Å². The summed E-state index contributed by atoms with van der Waals surface area (Å²) in [6, 6.07) is 5.99. The van der Waals surface area contributed by atoms with Crippen LogP contribution in [-0.4, -0.2) is 16.1 Å². The number of benzene rings is 1. The molecule has 0 aliphatic heterocycles. The van der Waals surface area contributed by atoms with E-state index in [1.54, 1.807) is 0 Å². The first-order chi connectivity index (χ1) is 10.2. The third-order valence-electron chi connectivity index (χ3n) is 4.34. The summed E-state index contributed by atoms with van der Waals surface area (Å²) in [5.41, 5.74) is 6.67. The molecular weight excluding hydrogens is 305 g/mol. The maximum absolute atomic E-state index is 6.33. The van der Waals surface area contributed by atoms with E-state index in [2.05, 4.69) is 9.55 Å². The summed E-state index contributed by atoms with van der Waals surface area (Å²) in [5.74, 6) is 1.45. The van der Waals surface area contributed by atoms with Gasteiger partial charge in [-0.05, 0) is 43.9 Å². The Bertz CT molecular complexity index is 603. The average molecular weight is 324 g/mol. The molecule has 1 fully saturated rings. The molecule has 1 aromatic carbocycles. The SMILES string of the molecule is NC[C@H]1CCC[C@@H](n2ccnc2-c2c(Cl)cccc2Cl)C1. The quantitative estimate of drug-likeness (QED) is 0.900. The lowest BCUT2D eigenvalue weighted by molar-refractivity contribution is 0.273. The zero-order valence-corrected chi connectivity index (χ0v) is 13.3. The van der Waals surface area contributed by atoms with Gasteiger partial charge >= 0.3 is 0 Å². The predicted molar refractivity (Wildman–Crippen MR) is 87.7 cm³/mol. The zero-order valence-electron chi connectivity index (χ0n) is 11.8. The van der Waals surface area contributed by atoms with Crippen LogP contribution in [0.15, 0.2) is 30.6 Å². The van der Waals surface area contributed by atoms with E-state index in [0.717, 1.165) is 30.8 Å². The van der Waals surface area contributed by atoms with Gasteiger partial charge in [0.25, 0.3) is 0 Å². The van der Waals surface area contributed by atoms with E-state index in [9.17, 15) is 0 Å². The fraction of sp³-hybridized carbons (Fsp3) is 0.438. The van der Waals surface area contributed by atoms with Gasteiger partial charge in [-0.3, -0.25) is 0 Å². The van der Waals surface area contributed by atoms with Gasteiger partial charge in [0.05, 0.1) is 15.6 Å². The maximum Gasteiger partial charge on any atom is 0.143 e. The van der Waals surface area contributed by atoms with Gasteiger partial charge in [0.15, 0.2) is 0 Å². The minimum atomic E-state index is 0.428. The second-order valence-electron chi connectivity index (χ2n) is 5.68. The first kappa shape index (κ1) is 14.9. The molecule has 0 radical (unpaired) electrons. The van der Waals surface area contributed by atoms with Gasteiger partial charge in [-0.15, -0.1) is 0 Å². The molecule has 112 valence electrons. The lowest BCUT2D eigenvalue weighted by atomic mass is 9.85. The fourth-order valence-electron chi connectivity index (χ4n) is 3.24. The molecule has 0 bridgehead atoms.